The van der Waals surface area contributed by atoms with Crippen LogP contribution in [0.25, 0.3) is 0 Å². The van der Waals surface area contributed by atoms with Crippen molar-refractivity contribution < 1.29 is 4.79 Å². The quantitative estimate of drug-likeness (QED) is 0.585. The number of carbonyl (C=O) groups is 1. The summed E-state index contributed by atoms with van der Waals surface area (Å²) in [5, 5.41) is 12.4. The van der Waals surface area contributed by atoms with Gasteiger partial charge in [-0.15, -0.1) is 16.8 Å². The molecule has 142 valence electrons. The summed E-state index contributed by atoms with van der Waals surface area (Å²) < 4.78 is 1.99. The number of hydrogen-bond donors (Lipinski definition) is 1. The molecule has 0 aliphatic heterocycles. The van der Waals surface area contributed by atoms with E-state index < -0.39 is 0 Å². The van der Waals surface area contributed by atoms with Gasteiger partial charge in [0.25, 0.3) is 0 Å². The number of nitrogens with one attached hydrogen (secondary N) is 1. The predicted octanol–water partition coefficient (Wildman–Crippen LogP) is 3.59. The van der Waals surface area contributed by atoms with Gasteiger partial charge in [0.2, 0.25) is 5.91 Å². The van der Waals surface area contributed by atoms with E-state index in [0.717, 1.165) is 28.7 Å². The van der Waals surface area contributed by atoms with Gasteiger partial charge in [0, 0.05) is 12.6 Å². The standard InChI is InChI=1S/C20H30N4OS/c1-4-5-24-14(3)22-23-19(24)26-12-18(25)21-13(2)20-9-15-6-16(10-20)8-17(7-15)11-20/h4,13,15-17H,1,5-12H2,2-3H3,(H,21,25)/t13-,15?,16?,17?,20?/m1/s1. The molecule has 5 rings (SSSR count). The van der Waals surface area contributed by atoms with Crippen LogP contribution in [0.3, 0.4) is 0 Å². The monoisotopic (exact) mass is 374 g/mol. The maximum absolute atomic E-state index is 12.6. The summed E-state index contributed by atoms with van der Waals surface area (Å²) in [7, 11) is 0. The molecule has 4 aliphatic carbocycles. The third-order valence-corrected chi connectivity index (χ3v) is 7.89. The number of thioether (sulfide) groups is 1. The number of aryl methyl sites for hydroxylation is 1. The first-order valence-electron chi connectivity index (χ1n) is 9.92. The number of amides is 1. The van der Waals surface area contributed by atoms with Gasteiger partial charge in [0.05, 0.1) is 5.75 Å². The molecule has 1 heterocycles. The molecule has 4 fully saturated rings. The summed E-state index contributed by atoms with van der Waals surface area (Å²) in [5.74, 6) is 4.10. The second-order valence-electron chi connectivity index (χ2n) is 8.79. The van der Waals surface area contributed by atoms with E-state index in [1.807, 2.05) is 17.6 Å². The molecule has 1 aromatic rings. The van der Waals surface area contributed by atoms with Gasteiger partial charge in [-0.1, -0.05) is 17.8 Å². The summed E-state index contributed by atoms with van der Waals surface area (Å²) >= 11 is 1.46. The van der Waals surface area contributed by atoms with E-state index in [9.17, 15) is 4.79 Å². The van der Waals surface area contributed by atoms with Crippen molar-refractivity contribution in [3.8, 4) is 0 Å². The van der Waals surface area contributed by atoms with Gasteiger partial charge in [-0.25, -0.2) is 0 Å². The Bertz CT molecular complexity index is 663. The molecule has 4 saturated carbocycles. The third kappa shape index (κ3) is 3.32. The van der Waals surface area contributed by atoms with E-state index in [-0.39, 0.29) is 11.9 Å². The first kappa shape index (κ1) is 18.1. The van der Waals surface area contributed by atoms with Crippen LogP contribution in [-0.2, 0) is 11.3 Å². The van der Waals surface area contributed by atoms with E-state index in [1.54, 1.807) is 0 Å². The van der Waals surface area contributed by atoms with Crippen molar-refractivity contribution in [2.45, 2.75) is 70.1 Å². The number of allylic oxidation sites excluding steroid dienone is 1. The van der Waals surface area contributed by atoms with Gasteiger partial charge < -0.3 is 9.88 Å². The number of nitrogens with zero attached hydrogens (tertiary/aromatic N) is 3. The topological polar surface area (TPSA) is 59.8 Å². The molecule has 0 saturated heterocycles. The fourth-order valence-electron chi connectivity index (χ4n) is 6.08. The Kier molecular flexibility index (Phi) is 4.88. The van der Waals surface area contributed by atoms with Crippen molar-refractivity contribution in [1.29, 1.82) is 0 Å². The van der Waals surface area contributed by atoms with Crippen molar-refractivity contribution >= 4 is 17.7 Å². The highest BCUT2D eigenvalue weighted by atomic mass is 32.2. The molecule has 0 aromatic carbocycles. The highest BCUT2D eigenvalue weighted by molar-refractivity contribution is 7.99. The van der Waals surface area contributed by atoms with Crippen LogP contribution in [-0.4, -0.2) is 32.5 Å². The number of hydrogen-bond acceptors (Lipinski definition) is 4. The molecule has 5 nitrogen and oxygen atoms in total. The van der Waals surface area contributed by atoms with Crippen LogP contribution in [0, 0.1) is 30.1 Å². The molecule has 26 heavy (non-hydrogen) atoms. The molecule has 0 radical (unpaired) electrons. The van der Waals surface area contributed by atoms with Crippen molar-refractivity contribution in [2.75, 3.05) is 5.75 Å². The second kappa shape index (κ2) is 7.02. The fraction of sp³-hybridized carbons (Fsp3) is 0.750. The van der Waals surface area contributed by atoms with Crippen molar-refractivity contribution in [1.82, 2.24) is 20.1 Å². The first-order valence-corrected chi connectivity index (χ1v) is 10.9. The summed E-state index contributed by atoms with van der Waals surface area (Å²) in [6, 6.07) is 0.275. The average molecular weight is 375 g/mol. The Balaban J connectivity index is 1.34. The van der Waals surface area contributed by atoms with E-state index in [2.05, 4.69) is 29.0 Å². The fourth-order valence-corrected chi connectivity index (χ4v) is 6.89. The maximum Gasteiger partial charge on any atom is 0.230 e. The molecule has 1 atom stereocenters. The van der Waals surface area contributed by atoms with Gasteiger partial charge >= 0.3 is 0 Å². The molecule has 0 spiro atoms. The molecule has 1 amide bonds. The van der Waals surface area contributed by atoms with Crippen LogP contribution < -0.4 is 5.32 Å². The summed E-state index contributed by atoms with van der Waals surface area (Å²) in [5.41, 5.74) is 0.356. The average Bonchev–Trinajstić information content (AvgIpc) is 2.92. The van der Waals surface area contributed by atoms with Crippen LogP contribution in [0.4, 0.5) is 0 Å². The Morgan fingerprint density at radius 2 is 1.92 bits per heavy atom. The lowest BCUT2D eigenvalue weighted by atomic mass is 9.48. The minimum Gasteiger partial charge on any atom is -0.352 e. The predicted molar refractivity (Wildman–Crippen MR) is 104 cm³/mol. The summed E-state index contributed by atoms with van der Waals surface area (Å²) in [4.78, 5) is 12.6. The molecule has 1 N–H and O–H groups in total. The smallest absolute Gasteiger partial charge is 0.230 e. The third-order valence-electron chi connectivity index (χ3n) is 6.93. The highest BCUT2D eigenvalue weighted by Gasteiger charge is 2.53. The Hall–Kier alpha value is -1.30. The molecular weight excluding hydrogens is 344 g/mol. The highest BCUT2D eigenvalue weighted by Crippen LogP contribution is 2.61. The lowest BCUT2D eigenvalue weighted by Gasteiger charge is -2.59. The van der Waals surface area contributed by atoms with Crippen molar-refractivity contribution in [3.63, 3.8) is 0 Å². The Morgan fingerprint density at radius 3 is 2.50 bits per heavy atom. The van der Waals surface area contributed by atoms with Crippen LogP contribution >= 0.6 is 11.8 Å². The Morgan fingerprint density at radius 1 is 1.31 bits per heavy atom. The summed E-state index contributed by atoms with van der Waals surface area (Å²) in [6.45, 7) is 8.61. The molecular formula is C20H30N4OS. The van der Waals surface area contributed by atoms with Crippen molar-refractivity contribution in [3.05, 3.63) is 18.5 Å². The maximum atomic E-state index is 12.6. The molecule has 6 heteroatoms. The van der Waals surface area contributed by atoms with Crippen LogP contribution in [0.1, 0.15) is 51.3 Å². The SMILES string of the molecule is C=CCn1c(C)nnc1SCC(=O)N[C@H](C)C12CC3CC(CC(C3)C1)C2. The van der Waals surface area contributed by atoms with Gasteiger partial charge in [0.15, 0.2) is 5.16 Å². The number of aromatic nitrogens is 3. The van der Waals surface area contributed by atoms with E-state index >= 15 is 0 Å². The Labute approximate surface area is 160 Å². The van der Waals surface area contributed by atoms with E-state index in [0.29, 0.717) is 17.7 Å². The number of carbonyl (C=O) groups excluding carboxylic acids is 1. The van der Waals surface area contributed by atoms with Crippen molar-refractivity contribution in [2.24, 2.45) is 23.2 Å². The van der Waals surface area contributed by atoms with Crippen LogP contribution in [0.15, 0.2) is 17.8 Å². The van der Waals surface area contributed by atoms with Gasteiger partial charge in [0.1, 0.15) is 5.82 Å². The number of rotatable bonds is 7. The lowest BCUT2D eigenvalue weighted by molar-refractivity contribution is -0.123. The van der Waals surface area contributed by atoms with E-state index in [4.69, 9.17) is 0 Å². The van der Waals surface area contributed by atoms with Crippen LogP contribution in [0.2, 0.25) is 0 Å². The normalized spacial score (nSPS) is 33.2. The van der Waals surface area contributed by atoms with Crippen LogP contribution in [0.5, 0.6) is 0 Å². The zero-order chi connectivity index (χ0) is 18.3. The minimum atomic E-state index is 0.115. The molecule has 4 aliphatic rings. The van der Waals surface area contributed by atoms with Gasteiger partial charge in [-0.3, -0.25) is 4.79 Å². The zero-order valence-electron chi connectivity index (χ0n) is 15.9. The van der Waals surface area contributed by atoms with E-state index in [1.165, 1.54) is 50.3 Å². The molecule has 0 unspecified atom stereocenters. The summed E-state index contributed by atoms with van der Waals surface area (Å²) in [6.07, 6.45) is 10.1. The molecule has 4 bridgehead atoms. The van der Waals surface area contributed by atoms with Gasteiger partial charge in [-0.05, 0) is 75.5 Å². The largest absolute Gasteiger partial charge is 0.352 e. The molecule has 1 aromatic heterocycles. The lowest BCUT2D eigenvalue weighted by Crippen LogP contribution is -2.56. The van der Waals surface area contributed by atoms with Gasteiger partial charge in [-0.2, -0.15) is 0 Å². The second-order valence-corrected chi connectivity index (χ2v) is 9.73. The zero-order valence-corrected chi connectivity index (χ0v) is 16.7. The first-order chi connectivity index (χ1) is 12.5. The minimum absolute atomic E-state index is 0.115.